The molecule has 0 radical (unpaired) electrons. The molecule has 0 saturated carbocycles. The van der Waals surface area contributed by atoms with Crippen LogP contribution in [0.3, 0.4) is 0 Å². The molecule has 90 valence electrons. The Labute approximate surface area is 98.2 Å². The van der Waals surface area contributed by atoms with E-state index in [-0.39, 0.29) is 0 Å². The Bertz CT molecular complexity index is 324. The van der Waals surface area contributed by atoms with Gasteiger partial charge >= 0.3 is 0 Å². The smallest absolute Gasteiger partial charge is 0.0543 e. The van der Waals surface area contributed by atoms with Crippen LogP contribution in [0.25, 0.3) is 0 Å². The van der Waals surface area contributed by atoms with Gasteiger partial charge in [0.2, 0.25) is 0 Å². The summed E-state index contributed by atoms with van der Waals surface area (Å²) in [5.41, 5.74) is 1.38. The molecule has 1 aromatic heterocycles. The van der Waals surface area contributed by atoms with Crippen molar-refractivity contribution in [3.8, 4) is 0 Å². The van der Waals surface area contributed by atoms with Crippen LogP contribution in [-0.2, 0) is 0 Å². The number of nitrogens with one attached hydrogen (secondary N) is 1. The molecule has 1 fully saturated rings. The summed E-state index contributed by atoms with van der Waals surface area (Å²) in [6, 6.07) is 0.606. The Morgan fingerprint density at radius 1 is 1.31 bits per heavy atom. The number of nitrogens with zero attached hydrogens (tertiary/aromatic N) is 2. The van der Waals surface area contributed by atoms with Crippen LogP contribution < -0.4 is 5.32 Å². The zero-order valence-corrected chi connectivity index (χ0v) is 10.6. The summed E-state index contributed by atoms with van der Waals surface area (Å²) in [6.07, 6.45) is 6.71. The van der Waals surface area contributed by atoms with E-state index in [1.807, 2.05) is 6.20 Å². The van der Waals surface area contributed by atoms with E-state index in [1.54, 1.807) is 0 Å². The van der Waals surface area contributed by atoms with Crippen molar-refractivity contribution in [2.45, 2.75) is 45.6 Å². The summed E-state index contributed by atoms with van der Waals surface area (Å²) in [5.74, 6) is 1.29. The van der Waals surface area contributed by atoms with Gasteiger partial charge in [0.1, 0.15) is 0 Å². The monoisotopic (exact) mass is 221 g/mol. The Morgan fingerprint density at radius 2 is 2.00 bits per heavy atom. The fraction of sp³-hybridized carbons (Fsp3) is 0.769. The van der Waals surface area contributed by atoms with Gasteiger partial charge in [-0.1, -0.05) is 20.8 Å². The van der Waals surface area contributed by atoms with Gasteiger partial charge in [0.05, 0.1) is 12.2 Å². The van der Waals surface area contributed by atoms with Crippen LogP contribution in [0.5, 0.6) is 0 Å². The van der Waals surface area contributed by atoms with E-state index in [0.717, 1.165) is 13.1 Å². The van der Waals surface area contributed by atoms with E-state index in [0.29, 0.717) is 17.9 Å². The SMILES string of the molecule is CC(C)C(C)c1cnn(C2CCNCC2)c1. The summed E-state index contributed by atoms with van der Waals surface area (Å²) < 4.78 is 2.18. The third-order valence-electron chi connectivity index (χ3n) is 3.83. The molecule has 1 aliphatic heterocycles. The lowest BCUT2D eigenvalue weighted by atomic mass is 9.93. The molecule has 0 aliphatic carbocycles. The van der Waals surface area contributed by atoms with Crippen molar-refractivity contribution in [3.05, 3.63) is 18.0 Å². The first-order chi connectivity index (χ1) is 7.68. The van der Waals surface area contributed by atoms with Gasteiger partial charge < -0.3 is 5.32 Å². The van der Waals surface area contributed by atoms with Crippen molar-refractivity contribution in [2.75, 3.05) is 13.1 Å². The van der Waals surface area contributed by atoms with Crippen molar-refractivity contribution in [1.29, 1.82) is 0 Å². The maximum absolute atomic E-state index is 4.53. The standard InChI is InChI=1S/C13H23N3/c1-10(2)11(3)12-8-15-16(9-12)13-4-6-14-7-5-13/h8-11,13-14H,4-7H2,1-3H3. The molecular formula is C13H23N3. The van der Waals surface area contributed by atoms with Crippen LogP contribution in [-0.4, -0.2) is 22.9 Å². The minimum absolute atomic E-state index is 0.606. The lowest BCUT2D eigenvalue weighted by Gasteiger charge is -2.23. The minimum atomic E-state index is 0.606. The molecule has 0 bridgehead atoms. The number of piperidine rings is 1. The van der Waals surface area contributed by atoms with Crippen LogP contribution >= 0.6 is 0 Å². The third kappa shape index (κ3) is 2.46. The molecule has 2 rings (SSSR count). The summed E-state index contributed by atoms with van der Waals surface area (Å²) in [7, 11) is 0. The van der Waals surface area contributed by atoms with Gasteiger partial charge in [-0.2, -0.15) is 5.10 Å². The molecule has 0 amide bonds. The summed E-state index contributed by atoms with van der Waals surface area (Å²) in [6.45, 7) is 9.08. The Balaban J connectivity index is 2.06. The second kappa shape index (κ2) is 5.00. The van der Waals surface area contributed by atoms with Gasteiger partial charge in [-0.05, 0) is 43.3 Å². The van der Waals surface area contributed by atoms with E-state index >= 15 is 0 Å². The molecule has 3 heteroatoms. The third-order valence-corrected chi connectivity index (χ3v) is 3.83. The van der Waals surface area contributed by atoms with E-state index in [2.05, 4.69) is 42.1 Å². The molecule has 0 spiro atoms. The van der Waals surface area contributed by atoms with Crippen molar-refractivity contribution in [1.82, 2.24) is 15.1 Å². The molecule has 1 aliphatic rings. The van der Waals surface area contributed by atoms with E-state index in [9.17, 15) is 0 Å². The van der Waals surface area contributed by atoms with Crippen molar-refractivity contribution in [2.24, 2.45) is 5.92 Å². The maximum Gasteiger partial charge on any atom is 0.0543 e. The van der Waals surface area contributed by atoms with Crippen molar-refractivity contribution >= 4 is 0 Å². The average Bonchev–Trinajstić information content (AvgIpc) is 2.78. The average molecular weight is 221 g/mol. The van der Waals surface area contributed by atoms with Crippen LogP contribution in [0.4, 0.5) is 0 Å². The fourth-order valence-corrected chi connectivity index (χ4v) is 2.24. The second-order valence-electron chi connectivity index (χ2n) is 5.27. The number of hydrogen-bond donors (Lipinski definition) is 1. The van der Waals surface area contributed by atoms with Crippen molar-refractivity contribution < 1.29 is 0 Å². The summed E-state index contributed by atoms with van der Waals surface area (Å²) in [5, 5.41) is 7.92. The molecule has 1 N–H and O–H groups in total. The van der Waals surface area contributed by atoms with Crippen LogP contribution in [0, 0.1) is 5.92 Å². The second-order valence-corrected chi connectivity index (χ2v) is 5.27. The Hall–Kier alpha value is -0.830. The molecular weight excluding hydrogens is 198 g/mol. The predicted octanol–water partition coefficient (Wildman–Crippen LogP) is 2.57. The molecule has 3 nitrogen and oxygen atoms in total. The lowest BCUT2D eigenvalue weighted by molar-refractivity contribution is 0.342. The highest BCUT2D eigenvalue weighted by atomic mass is 15.3. The minimum Gasteiger partial charge on any atom is -0.317 e. The maximum atomic E-state index is 4.53. The van der Waals surface area contributed by atoms with Crippen LogP contribution in [0.1, 0.15) is 51.1 Å². The van der Waals surface area contributed by atoms with E-state index in [1.165, 1.54) is 18.4 Å². The molecule has 16 heavy (non-hydrogen) atoms. The first-order valence-corrected chi connectivity index (χ1v) is 6.43. The predicted molar refractivity (Wildman–Crippen MR) is 66.6 cm³/mol. The molecule has 2 heterocycles. The van der Waals surface area contributed by atoms with E-state index < -0.39 is 0 Å². The number of hydrogen-bond acceptors (Lipinski definition) is 2. The first-order valence-electron chi connectivity index (χ1n) is 6.43. The normalized spacial score (nSPS) is 20.2. The highest BCUT2D eigenvalue weighted by Gasteiger charge is 2.18. The molecule has 1 saturated heterocycles. The summed E-state index contributed by atoms with van der Waals surface area (Å²) in [4.78, 5) is 0. The first kappa shape index (κ1) is 11.6. The lowest BCUT2D eigenvalue weighted by Crippen LogP contribution is -2.29. The quantitative estimate of drug-likeness (QED) is 0.850. The van der Waals surface area contributed by atoms with Gasteiger partial charge in [-0.25, -0.2) is 0 Å². The fourth-order valence-electron chi connectivity index (χ4n) is 2.24. The van der Waals surface area contributed by atoms with Gasteiger partial charge in [0.25, 0.3) is 0 Å². The highest BCUT2D eigenvalue weighted by molar-refractivity contribution is 5.11. The van der Waals surface area contributed by atoms with Crippen LogP contribution in [0.15, 0.2) is 12.4 Å². The molecule has 0 aromatic carbocycles. The number of aromatic nitrogens is 2. The zero-order chi connectivity index (χ0) is 11.5. The Kier molecular flexibility index (Phi) is 3.64. The van der Waals surface area contributed by atoms with Gasteiger partial charge in [0, 0.05) is 6.20 Å². The number of rotatable bonds is 3. The molecule has 1 atom stereocenters. The van der Waals surface area contributed by atoms with Gasteiger partial charge in [-0.3, -0.25) is 4.68 Å². The van der Waals surface area contributed by atoms with Crippen molar-refractivity contribution in [3.63, 3.8) is 0 Å². The zero-order valence-electron chi connectivity index (χ0n) is 10.6. The van der Waals surface area contributed by atoms with Gasteiger partial charge in [-0.15, -0.1) is 0 Å². The highest BCUT2D eigenvalue weighted by Crippen LogP contribution is 2.25. The summed E-state index contributed by atoms with van der Waals surface area (Å²) >= 11 is 0. The topological polar surface area (TPSA) is 29.9 Å². The van der Waals surface area contributed by atoms with Gasteiger partial charge in [0.15, 0.2) is 0 Å². The Morgan fingerprint density at radius 3 is 2.62 bits per heavy atom. The van der Waals surface area contributed by atoms with Crippen LogP contribution in [0.2, 0.25) is 0 Å². The largest absolute Gasteiger partial charge is 0.317 e. The molecule has 1 aromatic rings. The molecule has 1 unspecified atom stereocenters. The van der Waals surface area contributed by atoms with E-state index in [4.69, 9.17) is 0 Å².